The zero-order valence-corrected chi connectivity index (χ0v) is 17.3. The minimum Gasteiger partial charge on any atom is -0.424 e. The molecule has 1 atom stereocenters. The van der Waals surface area contributed by atoms with E-state index in [0.29, 0.717) is 18.1 Å². The van der Waals surface area contributed by atoms with Crippen LogP contribution in [-0.2, 0) is 23.0 Å². The van der Waals surface area contributed by atoms with Gasteiger partial charge < -0.3 is 4.74 Å². The van der Waals surface area contributed by atoms with Crippen molar-refractivity contribution in [3.8, 4) is 11.8 Å². The number of hydrogen-bond acceptors (Lipinski definition) is 5. The van der Waals surface area contributed by atoms with Crippen LogP contribution in [-0.4, -0.2) is 23.2 Å². The molecule has 1 N–H and O–H groups in total. The Morgan fingerprint density at radius 1 is 1.07 bits per heavy atom. The molecule has 1 aromatic heterocycles. The standard InChI is InChI=1S/C20H23FN4O3S/c1-4-15-6-12-18(13-7-15)29(26,27)24-14(3)19-22-23-20(25(19)5-2)28-17-10-8-16(21)9-11-17/h6-14,24H,4-5H2,1-3H3/t14-/m1/s1. The van der Waals surface area contributed by atoms with Gasteiger partial charge in [-0.05, 0) is 62.2 Å². The van der Waals surface area contributed by atoms with Crippen molar-refractivity contribution in [2.45, 2.75) is 44.7 Å². The van der Waals surface area contributed by atoms with Crippen LogP contribution in [0.4, 0.5) is 4.39 Å². The number of hydrogen-bond donors (Lipinski definition) is 1. The third-order valence-corrected chi connectivity index (χ3v) is 6.00. The van der Waals surface area contributed by atoms with Crippen molar-refractivity contribution < 1.29 is 17.5 Å². The van der Waals surface area contributed by atoms with Crippen molar-refractivity contribution in [2.75, 3.05) is 0 Å². The van der Waals surface area contributed by atoms with Gasteiger partial charge in [-0.3, -0.25) is 4.57 Å². The van der Waals surface area contributed by atoms with Crippen LogP contribution in [0.25, 0.3) is 0 Å². The largest absolute Gasteiger partial charge is 0.424 e. The van der Waals surface area contributed by atoms with Gasteiger partial charge in [-0.15, -0.1) is 5.10 Å². The van der Waals surface area contributed by atoms with Gasteiger partial charge in [0.25, 0.3) is 0 Å². The van der Waals surface area contributed by atoms with E-state index < -0.39 is 16.1 Å². The fourth-order valence-electron chi connectivity index (χ4n) is 2.86. The Labute approximate surface area is 169 Å². The molecular formula is C20H23FN4O3S. The maximum Gasteiger partial charge on any atom is 0.322 e. The first kappa shape index (κ1) is 20.9. The Hall–Kier alpha value is -2.78. The number of benzene rings is 2. The Morgan fingerprint density at radius 2 is 1.72 bits per heavy atom. The maximum atomic E-state index is 13.1. The fourth-order valence-corrected chi connectivity index (χ4v) is 4.06. The molecule has 0 fully saturated rings. The number of sulfonamides is 1. The lowest BCUT2D eigenvalue weighted by Crippen LogP contribution is -2.29. The summed E-state index contributed by atoms with van der Waals surface area (Å²) in [4.78, 5) is 0.187. The van der Waals surface area contributed by atoms with E-state index in [0.717, 1.165) is 12.0 Å². The van der Waals surface area contributed by atoms with Gasteiger partial charge in [0.15, 0.2) is 5.82 Å². The Kier molecular flexibility index (Phi) is 6.29. The topological polar surface area (TPSA) is 86.1 Å². The Balaban J connectivity index is 1.80. The molecule has 0 spiro atoms. The maximum absolute atomic E-state index is 13.1. The normalized spacial score (nSPS) is 12.7. The van der Waals surface area contributed by atoms with Crippen molar-refractivity contribution in [1.29, 1.82) is 0 Å². The number of halogens is 1. The van der Waals surface area contributed by atoms with Crippen molar-refractivity contribution in [2.24, 2.45) is 0 Å². The Bertz CT molecular complexity index is 1060. The van der Waals surface area contributed by atoms with Crippen LogP contribution in [0, 0.1) is 5.82 Å². The van der Waals surface area contributed by atoms with Crippen molar-refractivity contribution in [3.63, 3.8) is 0 Å². The predicted molar refractivity (Wildman–Crippen MR) is 107 cm³/mol. The first-order valence-corrected chi connectivity index (χ1v) is 10.8. The minimum absolute atomic E-state index is 0.187. The molecule has 9 heteroatoms. The molecule has 0 radical (unpaired) electrons. The van der Waals surface area contributed by atoms with Crippen molar-refractivity contribution in [3.05, 3.63) is 65.7 Å². The summed E-state index contributed by atoms with van der Waals surface area (Å²) in [5.41, 5.74) is 1.06. The smallest absolute Gasteiger partial charge is 0.322 e. The number of rotatable bonds is 8. The summed E-state index contributed by atoms with van der Waals surface area (Å²) in [5.74, 6) is 0.452. The summed E-state index contributed by atoms with van der Waals surface area (Å²) in [5, 5.41) is 8.11. The highest BCUT2D eigenvalue weighted by molar-refractivity contribution is 7.89. The Morgan fingerprint density at radius 3 is 2.31 bits per heavy atom. The van der Waals surface area contributed by atoms with Crippen LogP contribution in [0.2, 0.25) is 0 Å². The van der Waals surface area contributed by atoms with Gasteiger partial charge in [0.05, 0.1) is 10.9 Å². The van der Waals surface area contributed by atoms with E-state index in [1.165, 1.54) is 24.3 Å². The molecule has 29 heavy (non-hydrogen) atoms. The second-order valence-electron chi connectivity index (χ2n) is 6.48. The molecule has 3 rings (SSSR count). The number of ether oxygens (including phenoxy) is 1. The van der Waals surface area contributed by atoms with E-state index in [-0.39, 0.29) is 16.7 Å². The van der Waals surface area contributed by atoms with E-state index in [4.69, 9.17) is 4.74 Å². The highest BCUT2D eigenvalue weighted by Gasteiger charge is 2.24. The third kappa shape index (κ3) is 4.80. The molecule has 0 unspecified atom stereocenters. The van der Waals surface area contributed by atoms with Gasteiger partial charge in [0.1, 0.15) is 11.6 Å². The van der Waals surface area contributed by atoms with Crippen LogP contribution < -0.4 is 9.46 Å². The minimum atomic E-state index is -3.73. The van der Waals surface area contributed by atoms with Gasteiger partial charge >= 0.3 is 6.01 Å². The molecule has 0 aliphatic rings. The van der Waals surface area contributed by atoms with Gasteiger partial charge in [0.2, 0.25) is 10.0 Å². The lowest BCUT2D eigenvalue weighted by atomic mass is 10.2. The summed E-state index contributed by atoms with van der Waals surface area (Å²) in [6, 6.07) is 11.9. The van der Waals surface area contributed by atoms with Crippen LogP contribution in [0.15, 0.2) is 53.4 Å². The molecule has 7 nitrogen and oxygen atoms in total. The quantitative estimate of drug-likeness (QED) is 0.601. The molecule has 3 aromatic rings. The summed E-state index contributed by atoms with van der Waals surface area (Å²) in [6.45, 7) is 6.04. The molecule has 0 bridgehead atoms. The zero-order chi connectivity index (χ0) is 21.0. The fraction of sp³-hybridized carbons (Fsp3) is 0.300. The second kappa shape index (κ2) is 8.71. The average Bonchev–Trinajstić information content (AvgIpc) is 3.12. The van der Waals surface area contributed by atoms with E-state index >= 15 is 0 Å². The highest BCUT2D eigenvalue weighted by Crippen LogP contribution is 2.24. The first-order chi connectivity index (χ1) is 13.8. The molecule has 0 saturated heterocycles. The van der Waals surface area contributed by atoms with Gasteiger partial charge in [-0.1, -0.05) is 24.2 Å². The zero-order valence-electron chi connectivity index (χ0n) is 16.5. The third-order valence-electron chi connectivity index (χ3n) is 4.45. The number of nitrogens with zero attached hydrogens (tertiary/aromatic N) is 3. The van der Waals surface area contributed by atoms with Crippen molar-refractivity contribution >= 4 is 10.0 Å². The monoisotopic (exact) mass is 418 g/mol. The van der Waals surface area contributed by atoms with Crippen LogP contribution in [0.1, 0.15) is 38.2 Å². The number of nitrogens with one attached hydrogen (secondary N) is 1. The van der Waals surface area contributed by atoms with Crippen LogP contribution >= 0.6 is 0 Å². The van der Waals surface area contributed by atoms with Gasteiger partial charge in [-0.2, -0.15) is 0 Å². The lowest BCUT2D eigenvalue weighted by Gasteiger charge is -2.15. The lowest BCUT2D eigenvalue weighted by molar-refractivity contribution is 0.407. The first-order valence-electron chi connectivity index (χ1n) is 9.31. The number of aromatic nitrogens is 3. The van der Waals surface area contributed by atoms with Crippen molar-refractivity contribution in [1.82, 2.24) is 19.5 Å². The van der Waals surface area contributed by atoms with E-state index in [2.05, 4.69) is 14.9 Å². The summed E-state index contributed by atoms with van der Waals surface area (Å²) in [6.07, 6.45) is 0.834. The molecule has 2 aromatic carbocycles. The predicted octanol–water partition coefficient (Wildman–Crippen LogP) is 3.83. The molecule has 0 aliphatic carbocycles. The highest BCUT2D eigenvalue weighted by atomic mass is 32.2. The molecule has 1 heterocycles. The van der Waals surface area contributed by atoms with Gasteiger partial charge in [0, 0.05) is 6.54 Å². The van der Waals surface area contributed by atoms with E-state index in [9.17, 15) is 12.8 Å². The number of aryl methyl sites for hydroxylation is 1. The summed E-state index contributed by atoms with van der Waals surface area (Å²) < 4.78 is 48.5. The van der Waals surface area contributed by atoms with Gasteiger partial charge in [-0.25, -0.2) is 17.5 Å². The molecule has 0 saturated carbocycles. The van der Waals surface area contributed by atoms with E-state index in [1.807, 2.05) is 13.8 Å². The van der Waals surface area contributed by atoms with Crippen LogP contribution in [0.3, 0.4) is 0 Å². The summed E-state index contributed by atoms with van der Waals surface area (Å²) in [7, 11) is -3.73. The second-order valence-corrected chi connectivity index (χ2v) is 8.20. The average molecular weight is 418 g/mol. The van der Waals surface area contributed by atoms with E-state index in [1.54, 1.807) is 35.8 Å². The SMILES string of the molecule is CCc1ccc(S(=O)(=O)N[C@H](C)c2nnc(Oc3ccc(F)cc3)n2CC)cc1. The van der Waals surface area contributed by atoms with Crippen LogP contribution in [0.5, 0.6) is 11.8 Å². The molecule has 0 amide bonds. The molecule has 154 valence electrons. The summed E-state index contributed by atoms with van der Waals surface area (Å²) >= 11 is 0. The molecule has 0 aliphatic heterocycles. The molecular weight excluding hydrogens is 395 g/mol.